The summed E-state index contributed by atoms with van der Waals surface area (Å²) in [4.78, 5) is 18.1. The van der Waals surface area contributed by atoms with Crippen LogP contribution in [0.4, 0.5) is 4.79 Å². The minimum absolute atomic E-state index is 0.243. The Balaban J connectivity index is 1.65. The van der Waals surface area contributed by atoms with Gasteiger partial charge in [-0.3, -0.25) is 9.88 Å². The first-order chi connectivity index (χ1) is 10.3. The van der Waals surface area contributed by atoms with Crippen molar-refractivity contribution in [1.29, 1.82) is 0 Å². The van der Waals surface area contributed by atoms with Crippen LogP contribution in [0.1, 0.15) is 38.2 Å². The molecule has 1 aromatic rings. The molecule has 1 amide bonds. The number of hydrogen-bond acceptors (Lipinski definition) is 4. The number of pyridine rings is 1. The van der Waals surface area contributed by atoms with E-state index in [1.165, 1.54) is 5.56 Å². The van der Waals surface area contributed by atoms with Gasteiger partial charge in [0.1, 0.15) is 0 Å². The van der Waals surface area contributed by atoms with Gasteiger partial charge in [0.05, 0.1) is 6.61 Å². The fraction of sp³-hybridized carbons (Fsp3) is 0.625. The second kappa shape index (κ2) is 8.62. The standard InChI is InChI=1S/C16H25N3O2/c1-2-3-12-21-16(20)18-15-6-10-19(11-7-15)13-14-4-8-17-9-5-14/h4-5,8-9,15H,2-3,6-7,10-13H2,1H3,(H,18,20). The fourth-order valence-corrected chi connectivity index (χ4v) is 2.50. The summed E-state index contributed by atoms with van der Waals surface area (Å²) in [5, 5.41) is 2.96. The van der Waals surface area contributed by atoms with Crippen molar-refractivity contribution in [2.75, 3.05) is 19.7 Å². The van der Waals surface area contributed by atoms with E-state index in [0.717, 1.165) is 45.3 Å². The smallest absolute Gasteiger partial charge is 0.407 e. The highest BCUT2D eigenvalue weighted by molar-refractivity contribution is 5.67. The molecular weight excluding hydrogens is 266 g/mol. The molecule has 0 saturated carbocycles. The van der Waals surface area contributed by atoms with Gasteiger partial charge in [-0.2, -0.15) is 0 Å². The van der Waals surface area contributed by atoms with Crippen molar-refractivity contribution in [3.8, 4) is 0 Å². The molecular formula is C16H25N3O2. The van der Waals surface area contributed by atoms with Gasteiger partial charge in [0.2, 0.25) is 0 Å². The van der Waals surface area contributed by atoms with E-state index in [1.54, 1.807) is 0 Å². The van der Waals surface area contributed by atoms with Gasteiger partial charge in [-0.1, -0.05) is 13.3 Å². The lowest BCUT2D eigenvalue weighted by atomic mass is 10.0. The van der Waals surface area contributed by atoms with Crippen molar-refractivity contribution in [1.82, 2.24) is 15.2 Å². The van der Waals surface area contributed by atoms with Crippen molar-refractivity contribution >= 4 is 6.09 Å². The number of carbonyl (C=O) groups is 1. The summed E-state index contributed by atoms with van der Waals surface area (Å²) in [6.45, 7) is 5.56. The van der Waals surface area contributed by atoms with Crippen molar-refractivity contribution < 1.29 is 9.53 Å². The summed E-state index contributed by atoms with van der Waals surface area (Å²) in [5.41, 5.74) is 1.29. The van der Waals surface area contributed by atoms with E-state index < -0.39 is 0 Å². The number of rotatable bonds is 6. The van der Waals surface area contributed by atoms with E-state index >= 15 is 0 Å². The molecule has 21 heavy (non-hydrogen) atoms. The van der Waals surface area contributed by atoms with E-state index in [0.29, 0.717) is 6.61 Å². The fourth-order valence-electron chi connectivity index (χ4n) is 2.50. The highest BCUT2D eigenvalue weighted by Gasteiger charge is 2.21. The number of hydrogen-bond donors (Lipinski definition) is 1. The van der Waals surface area contributed by atoms with Crippen LogP contribution in [0.3, 0.4) is 0 Å². The van der Waals surface area contributed by atoms with Gasteiger partial charge < -0.3 is 10.1 Å². The van der Waals surface area contributed by atoms with Crippen molar-refractivity contribution in [3.63, 3.8) is 0 Å². The molecule has 1 aliphatic rings. The zero-order valence-electron chi connectivity index (χ0n) is 12.8. The zero-order valence-corrected chi connectivity index (χ0v) is 12.8. The lowest BCUT2D eigenvalue weighted by Crippen LogP contribution is -2.44. The molecule has 2 heterocycles. The van der Waals surface area contributed by atoms with Crippen LogP contribution in [-0.2, 0) is 11.3 Å². The molecule has 0 spiro atoms. The molecule has 0 atom stereocenters. The third kappa shape index (κ3) is 5.71. The highest BCUT2D eigenvalue weighted by atomic mass is 16.5. The number of piperidine rings is 1. The summed E-state index contributed by atoms with van der Waals surface area (Å²) in [6, 6.07) is 4.35. The number of aromatic nitrogens is 1. The van der Waals surface area contributed by atoms with E-state index in [9.17, 15) is 4.79 Å². The molecule has 1 N–H and O–H groups in total. The maximum atomic E-state index is 11.6. The van der Waals surface area contributed by atoms with Crippen LogP contribution in [0, 0.1) is 0 Å². The summed E-state index contributed by atoms with van der Waals surface area (Å²) in [5.74, 6) is 0. The summed E-state index contributed by atoms with van der Waals surface area (Å²) in [7, 11) is 0. The molecule has 5 nitrogen and oxygen atoms in total. The van der Waals surface area contributed by atoms with Crippen molar-refractivity contribution in [2.24, 2.45) is 0 Å². The van der Waals surface area contributed by atoms with E-state index in [1.807, 2.05) is 12.4 Å². The first-order valence-electron chi connectivity index (χ1n) is 7.82. The number of unbranched alkanes of at least 4 members (excludes halogenated alkanes) is 1. The van der Waals surface area contributed by atoms with Crippen LogP contribution in [0.15, 0.2) is 24.5 Å². The van der Waals surface area contributed by atoms with Crippen LogP contribution in [-0.4, -0.2) is 41.7 Å². The Labute approximate surface area is 126 Å². The lowest BCUT2D eigenvalue weighted by molar-refractivity contribution is 0.130. The molecule has 1 fully saturated rings. The summed E-state index contributed by atoms with van der Waals surface area (Å²) >= 11 is 0. The van der Waals surface area contributed by atoms with Crippen LogP contribution in [0.5, 0.6) is 0 Å². The number of alkyl carbamates (subject to hydrolysis) is 1. The predicted octanol–water partition coefficient (Wildman–Crippen LogP) is 2.57. The number of nitrogens with zero attached hydrogens (tertiary/aromatic N) is 2. The maximum absolute atomic E-state index is 11.6. The summed E-state index contributed by atoms with van der Waals surface area (Å²) in [6.07, 6.45) is 7.32. The Morgan fingerprint density at radius 3 is 2.76 bits per heavy atom. The van der Waals surface area contributed by atoms with Gasteiger partial charge in [0.15, 0.2) is 0 Å². The topological polar surface area (TPSA) is 54.5 Å². The molecule has 2 rings (SSSR count). The first-order valence-corrected chi connectivity index (χ1v) is 7.82. The third-order valence-corrected chi connectivity index (χ3v) is 3.80. The van der Waals surface area contributed by atoms with Gasteiger partial charge in [-0.15, -0.1) is 0 Å². The van der Waals surface area contributed by atoms with Crippen LogP contribution >= 0.6 is 0 Å². The second-order valence-corrected chi connectivity index (χ2v) is 5.54. The van der Waals surface area contributed by atoms with Crippen LogP contribution < -0.4 is 5.32 Å². The number of nitrogens with one attached hydrogen (secondary N) is 1. The monoisotopic (exact) mass is 291 g/mol. The lowest BCUT2D eigenvalue weighted by Gasteiger charge is -2.32. The normalized spacial score (nSPS) is 16.6. The second-order valence-electron chi connectivity index (χ2n) is 5.54. The largest absolute Gasteiger partial charge is 0.450 e. The maximum Gasteiger partial charge on any atom is 0.407 e. The number of ether oxygens (including phenoxy) is 1. The molecule has 116 valence electrons. The molecule has 0 aliphatic carbocycles. The number of amides is 1. The molecule has 0 aromatic carbocycles. The molecule has 1 aliphatic heterocycles. The van der Waals surface area contributed by atoms with Gasteiger partial charge >= 0.3 is 6.09 Å². The molecule has 1 saturated heterocycles. The molecule has 0 radical (unpaired) electrons. The van der Waals surface area contributed by atoms with Gasteiger partial charge in [-0.05, 0) is 37.0 Å². The van der Waals surface area contributed by atoms with Crippen LogP contribution in [0.2, 0.25) is 0 Å². The summed E-state index contributed by atoms with van der Waals surface area (Å²) < 4.78 is 5.14. The minimum atomic E-state index is -0.268. The first kappa shape index (κ1) is 15.8. The quantitative estimate of drug-likeness (QED) is 0.818. The van der Waals surface area contributed by atoms with E-state index in [4.69, 9.17) is 4.74 Å². The van der Waals surface area contributed by atoms with Gasteiger partial charge in [-0.25, -0.2) is 4.79 Å². The average molecular weight is 291 g/mol. The van der Waals surface area contributed by atoms with Gasteiger partial charge in [0.25, 0.3) is 0 Å². The van der Waals surface area contributed by atoms with Crippen molar-refractivity contribution in [2.45, 2.75) is 45.2 Å². The zero-order chi connectivity index (χ0) is 14.9. The number of carbonyl (C=O) groups excluding carboxylic acids is 1. The van der Waals surface area contributed by atoms with Crippen LogP contribution in [0.25, 0.3) is 0 Å². The Hall–Kier alpha value is -1.62. The average Bonchev–Trinajstić information content (AvgIpc) is 2.51. The van der Waals surface area contributed by atoms with E-state index in [2.05, 4.69) is 34.3 Å². The molecule has 0 bridgehead atoms. The Kier molecular flexibility index (Phi) is 6.47. The van der Waals surface area contributed by atoms with Gasteiger partial charge in [0, 0.05) is 38.1 Å². The molecule has 0 unspecified atom stereocenters. The Morgan fingerprint density at radius 1 is 1.38 bits per heavy atom. The SMILES string of the molecule is CCCCOC(=O)NC1CCN(Cc2ccncc2)CC1. The Morgan fingerprint density at radius 2 is 2.10 bits per heavy atom. The Bertz CT molecular complexity index is 417. The molecule has 1 aromatic heterocycles. The highest BCUT2D eigenvalue weighted by Crippen LogP contribution is 2.13. The van der Waals surface area contributed by atoms with E-state index in [-0.39, 0.29) is 12.1 Å². The number of likely N-dealkylation sites (tertiary alicyclic amines) is 1. The van der Waals surface area contributed by atoms with Crippen molar-refractivity contribution in [3.05, 3.63) is 30.1 Å². The molecule has 5 heteroatoms. The third-order valence-electron chi connectivity index (χ3n) is 3.80. The minimum Gasteiger partial charge on any atom is -0.450 e. The predicted molar refractivity (Wildman–Crippen MR) is 81.9 cm³/mol.